The van der Waals surface area contributed by atoms with Crippen molar-refractivity contribution in [1.29, 1.82) is 0 Å². The minimum atomic E-state index is 0.605. The monoisotopic (exact) mass is 262 g/mol. The van der Waals surface area contributed by atoms with Gasteiger partial charge in [0, 0.05) is 0 Å². The Morgan fingerprint density at radius 2 is 2.18 bits per heavy atom. The van der Waals surface area contributed by atoms with Crippen LogP contribution in [0.4, 0.5) is 0 Å². The lowest BCUT2D eigenvalue weighted by molar-refractivity contribution is -0.0266. The normalized spacial score (nSPS) is 46.2. The van der Waals surface area contributed by atoms with Crippen molar-refractivity contribution >= 4 is 22.6 Å². The van der Waals surface area contributed by atoms with E-state index in [0.717, 1.165) is 17.8 Å². The summed E-state index contributed by atoms with van der Waals surface area (Å²) in [5.41, 5.74) is 0.605. The molecule has 3 aliphatic rings. The summed E-state index contributed by atoms with van der Waals surface area (Å²) in [5, 5.41) is 0. The Morgan fingerprint density at radius 3 is 2.55 bits per heavy atom. The third-order valence-corrected chi connectivity index (χ3v) is 5.16. The van der Waals surface area contributed by atoms with Crippen molar-refractivity contribution in [2.45, 2.75) is 27.2 Å². The van der Waals surface area contributed by atoms with E-state index < -0.39 is 0 Å². The molecule has 3 rings (SSSR count). The van der Waals surface area contributed by atoms with Gasteiger partial charge in [0.25, 0.3) is 0 Å². The van der Waals surface area contributed by atoms with E-state index in [4.69, 9.17) is 0 Å². The van der Waals surface area contributed by atoms with Crippen molar-refractivity contribution in [3.63, 3.8) is 0 Å². The van der Waals surface area contributed by atoms with Gasteiger partial charge >= 0.3 is 0 Å². The van der Waals surface area contributed by atoms with Crippen molar-refractivity contribution < 1.29 is 0 Å². The largest absolute Gasteiger partial charge is 0.0713 e. The number of fused-ring (bicyclic) bond motifs is 1. The minimum Gasteiger partial charge on any atom is -0.0713 e. The maximum Gasteiger partial charge on any atom is -0.00997 e. The maximum absolute atomic E-state index is 2.51. The Kier molecular flexibility index (Phi) is 1.65. The molecule has 0 aromatic carbocycles. The van der Waals surface area contributed by atoms with E-state index in [9.17, 15) is 0 Å². The number of hydrogen-bond acceptors (Lipinski definition) is 0. The fourth-order valence-corrected chi connectivity index (χ4v) is 3.53. The molecule has 0 aromatic heterocycles. The summed E-state index contributed by atoms with van der Waals surface area (Å²) in [5.74, 6) is 2.68. The van der Waals surface area contributed by atoms with Gasteiger partial charge in [-0.25, -0.2) is 0 Å². The maximum atomic E-state index is 2.51. The van der Waals surface area contributed by atoms with E-state index in [1.54, 1.807) is 3.58 Å². The molecular weight excluding hydrogens is 247 g/mol. The molecule has 1 saturated carbocycles. The van der Waals surface area contributed by atoms with E-state index in [1.165, 1.54) is 6.42 Å². The van der Waals surface area contributed by atoms with Gasteiger partial charge in [0.15, 0.2) is 0 Å². The Balaban J connectivity index is 2.32. The average Bonchev–Trinajstić information content (AvgIpc) is 1.93. The van der Waals surface area contributed by atoms with Gasteiger partial charge in [-0.2, -0.15) is 0 Å². The van der Waals surface area contributed by atoms with Crippen LogP contribution in [-0.2, 0) is 0 Å². The highest BCUT2D eigenvalue weighted by atomic mass is 127. The predicted octanol–water partition coefficient (Wildman–Crippen LogP) is 3.62. The fourth-order valence-electron chi connectivity index (χ4n) is 2.66. The molecule has 0 unspecified atom stereocenters. The molecule has 0 aromatic rings. The van der Waals surface area contributed by atoms with Crippen LogP contribution in [0.15, 0.2) is 9.66 Å². The van der Waals surface area contributed by atoms with Crippen LogP contribution in [0.3, 0.4) is 0 Å². The van der Waals surface area contributed by atoms with Gasteiger partial charge in [0.2, 0.25) is 0 Å². The first-order valence-electron chi connectivity index (χ1n) is 4.40. The van der Waals surface area contributed by atoms with Gasteiger partial charge in [0.05, 0.1) is 0 Å². The number of rotatable bonds is 0. The lowest BCUT2D eigenvalue weighted by Crippen LogP contribution is -2.50. The lowest BCUT2D eigenvalue weighted by atomic mass is 9.48. The van der Waals surface area contributed by atoms with Crippen molar-refractivity contribution in [3.05, 3.63) is 9.66 Å². The molecule has 3 aliphatic carbocycles. The highest BCUT2D eigenvalue weighted by Crippen LogP contribution is 2.61. The fraction of sp³-hybridized carbons (Fsp3) is 0.800. The summed E-state index contributed by atoms with van der Waals surface area (Å²) in [4.78, 5) is 0. The van der Waals surface area contributed by atoms with Crippen molar-refractivity contribution in [3.8, 4) is 0 Å². The van der Waals surface area contributed by atoms with Crippen LogP contribution in [0.1, 0.15) is 27.2 Å². The molecule has 3 atom stereocenters. The second kappa shape index (κ2) is 2.24. The SMILES string of the molecule is C[C@H]1C(I)=C[C@@H]2C[C@H]1C2(C)C. The van der Waals surface area contributed by atoms with Gasteiger partial charge in [-0.15, -0.1) is 0 Å². The molecule has 62 valence electrons. The van der Waals surface area contributed by atoms with Crippen LogP contribution in [0, 0.1) is 23.2 Å². The summed E-state index contributed by atoms with van der Waals surface area (Å²) < 4.78 is 1.60. The molecule has 0 amide bonds. The summed E-state index contributed by atoms with van der Waals surface area (Å²) in [6.45, 7) is 7.21. The number of hydrogen-bond donors (Lipinski definition) is 0. The minimum absolute atomic E-state index is 0.605. The van der Waals surface area contributed by atoms with Gasteiger partial charge < -0.3 is 0 Å². The predicted molar refractivity (Wildman–Crippen MR) is 56.6 cm³/mol. The Labute approximate surface area is 82.6 Å². The Hall–Kier alpha value is 0.470. The molecule has 0 N–H and O–H groups in total. The van der Waals surface area contributed by atoms with Crippen LogP contribution in [0.25, 0.3) is 0 Å². The smallest absolute Gasteiger partial charge is 0.00997 e. The number of allylic oxidation sites excluding steroid dienone is 2. The summed E-state index contributed by atoms with van der Waals surface area (Å²) in [6, 6.07) is 0. The standard InChI is InChI=1S/C10H15I/c1-6-8-4-7(5-9(6)11)10(8,2)3/h5-8H,4H2,1-3H3/t6-,7+,8-/m1/s1. The zero-order chi connectivity index (χ0) is 8.22. The second-order valence-corrected chi connectivity index (χ2v) is 5.86. The molecule has 0 spiro atoms. The van der Waals surface area contributed by atoms with Gasteiger partial charge in [-0.3, -0.25) is 0 Å². The molecular formula is C10H15I. The van der Waals surface area contributed by atoms with Crippen molar-refractivity contribution in [1.82, 2.24) is 0 Å². The highest BCUT2D eigenvalue weighted by Gasteiger charge is 2.52. The second-order valence-electron chi connectivity index (χ2n) is 4.61. The lowest BCUT2D eigenvalue weighted by Gasteiger charge is -2.57. The molecule has 0 heterocycles. The average molecular weight is 262 g/mol. The molecule has 0 aliphatic heterocycles. The molecule has 0 radical (unpaired) electrons. The Morgan fingerprint density at radius 1 is 1.55 bits per heavy atom. The molecule has 2 bridgehead atoms. The van der Waals surface area contributed by atoms with E-state index >= 15 is 0 Å². The van der Waals surface area contributed by atoms with Crippen LogP contribution < -0.4 is 0 Å². The van der Waals surface area contributed by atoms with Crippen LogP contribution in [-0.4, -0.2) is 0 Å². The summed E-state index contributed by atoms with van der Waals surface area (Å²) in [6.07, 6.45) is 3.94. The zero-order valence-electron chi connectivity index (χ0n) is 7.39. The number of halogens is 1. The summed E-state index contributed by atoms with van der Waals surface area (Å²) >= 11 is 2.51. The Bertz CT molecular complexity index is 215. The van der Waals surface area contributed by atoms with Gasteiger partial charge in [0.1, 0.15) is 0 Å². The van der Waals surface area contributed by atoms with Gasteiger partial charge in [-0.1, -0.05) is 26.8 Å². The third kappa shape index (κ3) is 0.927. The van der Waals surface area contributed by atoms with E-state index in [2.05, 4.69) is 49.4 Å². The van der Waals surface area contributed by atoms with E-state index in [0.29, 0.717) is 5.41 Å². The third-order valence-electron chi connectivity index (χ3n) is 3.82. The first-order chi connectivity index (χ1) is 5.03. The van der Waals surface area contributed by atoms with Crippen LogP contribution >= 0.6 is 22.6 Å². The van der Waals surface area contributed by atoms with Gasteiger partial charge in [-0.05, 0) is 55.8 Å². The van der Waals surface area contributed by atoms with Crippen LogP contribution in [0.5, 0.6) is 0 Å². The van der Waals surface area contributed by atoms with E-state index in [1.807, 2.05) is 0 Å². The van der Waals surface area contributed by atoms with Crippen molar-refractivity contribution in [2.24, 2.45) is 23.2 Å². The first-order valence-corrected chi connectivity index (χ1v) is 5.48. The molecule has 1 fully saturated rings. The molecule has 0 saturated heterocycles. The quantitative estimate of drug-likeness (QED) is 0.585. The molecule has 11 heavy (non-hydrogen) atoms. The first kappa shape index (κ1) is 8.09. The topological polar surface area (TPSA) is 0 Å². The van der Waals surface area contributed by atoms with E-state index in [-0.39, 0.29) is 0 Å². The summed E-state index contributed by atoms with van der Waals surface area (Å²) in [7, 11) is 0. The van der Waals surface area contributed by atoms with Crippen LogP contribution in [0.2, 0.25) is 0 Å². The molecule has 1 heteroatoms. The zero-order valence-corrected chi connectivity index (χ0v) is 9.55. The molecule has 0 nitrogen and oxygen atoms in total. The van der Waals surface area contributed by atoms with Crippen molar-refractivity contribution in [2.75, 3.05) is 0 Å². The highest BCUT2D eigenvalue weighted by molar-refractivity contribution is 14.1.